The minimum atomic E-state index is 0.738. The van der Waals surface area contributed by atoms with Gasteiger partial charge in [0.15, 0.2) is 0 Å². The fourth-order valence-corrected chi connectivity index (χ4v) is 2.68. The van der Waals surface area contributed by atoms with Crippen LogP contribution in [0, 0.1) is 0 Å². The van der Waals surface area contributed by atoms with Crippen molar-refractivity contribution in [3.63, 3.8) is 0 Å². The molecule has 0 radical (unpaired) electrons. The second kappa shape index (κ2) is 5.64. The van der Waals surface area contributed by atoms with Gasteiger partial charge in [0.1, 0.15) is 0 Å². The summed E-state index contributed by atoms with van der Waals surface area (Å²) in [5, 5.41) is 12.0. The Bertz CT molecular complexity index is 245. The molecule has 2 saturated heterocycles. The molecule has 0 spiro atoms. The van der Waals surface area contributed by atoms with E-state index in [2.05, 4.69) is 21.9 Å². The Morgan fingerprint density at radius 2 is 2.00 bits per heavy atom. The number of piperidine rings is 2. The van der Waals surface area contributed by atoms with Gasteiger partial charge in [-0.05, 0) is 26.3 Å². The smallest absolute Gasteiger partial charge is 0.0596 e. The molecule has 1 N–H and O–H groups in total. The quantitative estimate of drug-likeness (QED) is 0.575. The van der Waals surface area contributed by atoms with E-state index in [1.165, 1.54) is 25.8 Å². The van der Waals surface area contributed by atoms with E-state index in [0.29, 0.717) is 0 Å². The molecule has 4 heteroatoms. The number of hydrogen-bond acceptors (Lipinski definition) is 4. The number of rotatable bonds is 2. The molecule has 2 rings (SSSR count). The normalized spacial score (nSPS) is 29.3. The molecule has 1 unspecified atom stereocenters. The van der Waals surface area contributed by atoms with Crippen LogP contribution < -0.4 is 0 Å². The minimum absolute atomic E-state index is 0.738. The first-order valence-corrected chi connectivity index (χ1v) is 6.46. The predicted molar refractivity (Wildman–Crippen MR) is 64.9 cm³/mol. The highest BCUT2D eigenvalue weighted by molar-refractivity contribution is 5.84. The molecule has 1 atom stereocenters. The van der Waals surface area contributed by atoms with Crippen LogP contribution in [0.15, 0.2) is 5.16 Å². The number of oxime groups is 1. The maximum Gasteiger partial charge on any atom is 0.0596 e. The lowest BCUT2D eigenvalue weighted by Gasteiger charge is -2.38. The first-order chi connectivity index (χ1) is 7.79. The highest BCUT2D eigenvalue weighted by Gasteiger charge is 2.22. The van der Waals surface area contributed by atoms with Crippen molar-refractivity contribution in [3.05, 3.63) is 0 Å². The van der Waals surface area contributed by atoms with Crippen LogP contribution in [0.25, 0.3) is 0 Å². The van der Waals surface area contributed by atoms with Gasteiger partial charge in [0.25, 0.3) is 0 Å². The van der Waals surface area contributed by atoms with Crippen LogP contribution >= 0.6 is 0 Å². The summed E-state index contributed by atoms with van der Waals surface area (Å²) in [4.78, 5) is 5.07. The van der Waals surface area contributed by atoms with Crippen LogP contribution in [0.5, 0.6) is 0 Å². The molecular weight excluding hydrogens is 202 g/mol. The topological polar surface area (TPSA) is 39.1 Å². The van der Waals surface area contributed by atoms with Gasteiger partial charge in [-0.3, -0.25) is 9.80 Å². The van der Waals surface area contributed by atoms with E-state index in [9.17, 15) is 0 Å². The molecule has 0 aliphatic carbocycles. The van der Waals surface area contributed by atoms with Crippen molar-refractivity contribution >= 4 is 5.71 Å². The molecule has 92 valence electrons. The van der Waals surface area contributed by atoms with E-state index in [0.717, 1.165) is 44.4 Å². The lowest BCUT2D eigenvalue weighted by molar-refractivity contribution is 0.0738. The monoisotopic (exact) mass is 225 g/mol. The van der Waals surface area contributed by atoms with Crippen LogP contribution in [-0.2, 0) is 0 Å². The van der Waals surface area contributed by atoms with E-state index in [1.54, 1.807) is 0 Å². The summed E-state index contributed by atoms with van der Waals surface area (Å²) in [5.41, 5.74) is 0.961. The molecule has 4 nitrogen and oxygen atoms in total. The highest BCUT2D eigenvalue weighted by Crippen LogP contribution is 2.17. The van der Waals surface area contributed by atoms with Crippen molar-refractivity contribution in [1.29, 1.82) is 0 Å². The van der Waals surface area contributed by atoms with E-state index in [4.69, 9.17) is 5.21 Å². The largest absolute Gasteiger partial charge is 0.411 e. The van der Waals surface area contributed by atoms with Crippen molar-refractivity contribution < 1.29 is 5.21 Å². The number of likely N-dealkylation sites (tertiary alicyclic amines) is 2. The Morgan fingerprint density at radius 1 is 1.25 bits per heavy atom. The van der Waals surface area contributed by atoms with Gasteiger partial charge in [0, 0.05) is 32.0 Å². The molecule has 0 saturated carbocycles. The van der Waals surface area contributed by atoms with Crippen LogP contribution in [0.3, 0.4) is 0 Å². The van der Waals surface area contributed by atoms with Crippen LogP contribution in [0.1, 0.15) is 39.0 Å². The Hall–Kier alpha value is -0.610. The summed E-state index contributed by atoms with van der Waals surface area (Å²) in [7, 11) is 0. The molecule has 16 heavy (non-hydrogen) atoms. The van der Waals surface area contributed by atoms with Crippen molar-refractivity contribution in [1.82, 2.24) is 9.80 Å². The predicted octanol–water partition coefficient (Wildman–Crippen LogP) is 1.74. The lowest BCUT2D eigenvalue weighted by Crippen LogP contribution is -2.47. The molecular formula is C12H23N3O. The van der Waals surface area contributed by atoms with Gasteiger partial charge in [-0.1, -0.05) is 11.6 Å². The second-order valence-corrected chi connectivity index (χ2v) is 5.08. The zero-order valence-corrected chi connectivity index (χ0v) is 10.2. The molecule has 0 aromatic heterocycles. The lowest BCUT2D eigenvalue weighted by atomic mass is 10.0. The molecule has 2 heterocycles. The van der Waals surface area contributed by atoms with E-state index in [1.807, 2.05) is 0 Å². The second-order valence-electron chi connectivity index (χ2n) is 5.08. The van der Waals surface area contributed by atoms with Crippen molar-refractivity contribution in [2.75, 3.05) is 26.3 Å². The molecule has 0 bridgehead atoms. The summed E-state index contributed by atoms with van der Waals surface area (Å²) in [6.07, 6.45) is 5.94. The van der Waals surface area contributed by atoms with Gasteiger partial charge in [0.2, 0.25) is 0 Å². The fourth-order valence-electron chi connectivity index (χ4n) is 2.68. The first-order valence-electron chi connectivity index (χ1n) is 6.46. The third kappa shape index (κ3) is 2.95. The number of nitrogens with zero attached hydrogens (tertiary/aromatic N) is 3. The Kier molecular flexibility index (Phi) is 4.18. The summed E-state index contributed by atoms with van der Waals surface area (Å²) in [6.45, 7) is 6.77. The highest BCUT2D eigenvalue weighted by atomic mass is 16.4. The van der Waals surface area contributed by atoms with Gasteiger partial charge in [-0.25, -0.2) is 0 Å². The summed E-state index contributed by atoms with van der Waals surface area (Å²) in [5.74, 6) is 0. The zero-order chi connectivity index (χ0) is 11.4. The minimum Gasteiger partial charge on any atom is -0.411 e. The van der Waals surface area contributed by atoms with Crippen LogP contribution in [0.4, 0.5) is 0 Å². The van der Waals surface area contributed by atoms with E-state index >= 15 is 0 Å². The van der Waals surface area contributed by atoms with Crippen molar-refractivity contribution in [2.45, 2.75) is 45.1 Å². The van der Waals surface area contributed by atoms with Gasteiger partial charge < -0.3 is 5.21 Å². The maximum atomic E-state index is 8.70. The molecule has 0 amide bonds. The summed E-state index contributed by atoms with van der Waals surface area (Å²) >= 11 is 0. The summed E-state index contributed by atoms with van der Waals surface area (Å²) < 4.78 is 0. The standard InChI is InChI=1S/C12H23N3O/c1-11-4-2-3-7-15(11)10-14-8-5-12(13-16)6-9-14/h11,16H,2-10H2,1H3. The van der Waals surface area contributed by atoms with Crippen molar-refractivity contribution in [2.24, 2.45) is 5.16 Å². The van der Waals surface area contributed by atoms with Gasteiger partial charge in [-0.2, -0.15) is 0 Å². The molecule has 0 aromatic carbocycles. The van der Waals surface area contributed by atoms with Gasteiger partial charge >= 0.3 is 0 Å². The average Bonchev–Trinajstić information content (AvgIpc) is 2.33. The SMILES string of the molecule is CC1CCCCN1CN1CCC(=NO)CC1. The fraction of sp³-hybridized carbons (Fsp3) is 0.917. The van der Waals surface area contributed by atoms with E-state index < -0.39 is 0 Å². The zero-order valence-electron chi connectivity index (χ0n) is 10.2. The van der Waals surface area contributed by atoms with E-state index in [-0.39, 0.29) is 0 Å². The summed E-state index contributed by atoms with van der Waals surface area (Å²) in [6, 6.07) is 0.738. The Balaban J connectivity index is 1.77. The van der Waals surface area contributed by atoms with Crippen LogP contribution in [0.2, 0.25) is 0 Å². The first kappa shape index (κ1) is 11.9. The maximum absolute atomic E-state index is 8.70. The molecule has 2 fully saturated rings. The van der Waals surface area contributed by atoms with Gasteiger partial charge in [0.05, 0.1) is 12.4 Å². The van der Waals surface area contributed by atoms with Crippen molar-refractivity contribution in [3.8, 4) is 0 Å². The van der Waals surface area contributed by atoms with Crippen LogP contribution in [-0.4, -0.2) is 53.1 Å². The molecule has 0 aromatic rings. The Morgan fingerprint density at radius 3 is 2.62 bits per heavy atom. The van der Waals surface area contributed by atoms with Gasteiger partial charge in [-0.15, -0.1) is 0 Å². The Labute approximate surface area is 97.9 Å². The number of hydrogen-bond donors (Lipinski definition) is 1. The third-order valence-corrected chi connectivity index (χ3v) is 3.90. The third-order valence-electron chi connectivity index (χ3n) is 3.90. The molecule has 2 aliphatic rings. The molecule has 2 aliphatic heterocycles. The average molecular weight is 225 g/mol.